The number of nitrogens with one attached hydrogen (secondary N) is 1. The van der Waals surface area contributed by atoms with Gasteiger partial charge in [-0.15, -0.1) is 0 Å². The highest BCUT2D eigenvalue weighted by atomic mass is 16.5. The summed E-state index contributed by atoms with van der Waals surface area (Å²) in [6, 6.07) is -0.205. The van der Waals surface area contributed by atoms with Crippen LogP contribution < -0.4 is 5.32 Å². The molecule has 0 amide bonds. The monoisotopic (exact) mass is 235 g/mol. The fourth-order valence-electron chi connectivity index (χ4n) is 1.72. The molecule has 1 atom stereocenters. The molecule has 0 saturated heterocycles. The Labute approximate surface area is 101 Å². The first-order valence-corrected chi connectivity index (χ1v) is 5.79. The van der Waals surface area contributed by atoms with Crippen molar-refractivity contribution in [2.45, 2.75) is 32.4 Å². The minimum Gasteiger partial charge on any atom is -0.468 e. The first-order valence-electron chi connectivity index (χ1n) is 5.79. The molecule has 2 rings (SSSR count). The molecule has 1 aliphatic carbocycles. The van der Waals surface area contributed by atoms with E-state index in [4.69, 9.17) is 4.74 Å². The second kappa shape index (κ2) is 5.23. The number of carbonyl (C=O) groups excluding carboxylic acids is 1. The molecule has 1 heterocycles. The fraction of sp³-hybridized carbons (Fsp3) is 0.583. The van der Waals surface area contributed by atoms with Crippen LogP contribution in [0.4, 0.5) is 0 Å². The van der Waals surface area contributed by atoms with Crippen LogP contribution in [0.15, 0.2) is 12.4 Å². The van der Waals surface area contributed by atoms with Crippen LogP contribution in [0.2, 0.25) is 0 Å². The third-order valence-electron chi connectivity index (χ3n) is 2.89. The quantitative estimate of drug-likeness (QED) is 0.766. The van der Waals surface area contributed by atoms with E-state index < -0.39 is 0 Å². The Kier molecular flexibility index (Phi) is 3.68. The SMILES string of the molecule is COC(=O)C(NCc1cnc(C)cn1)C1CC1. The molecule has 0 bridgehead atoms. The fourth-order valence-corrected chi connectivity index (χ4v) is 1.72. The second-order valence-corrected chi connectivity index (χ2v) is 4.37. The molecule has 5 nitrogen and oxygen atoms in total. The molecule has 1 unspecified atom stereocenters. The molecule has 5 heteroatoms. The minimum absolute atomic E-state index is 0.187. The van der Waals surface area contributed by atoms with Crippen molar-refractivity contribution >= 4 is 5.97 Å². The van der Waals surface area contributed by atoms with Crippen molar-refractivity contribution in [2.24, 2.45) is 5.92 Å². The number of esters is 1. The number of aryl methyl sites for hydroxylation is 1. The van der Waals surface area contributed by atoms with Gasteiger partial charge in [0, 0.05) is 18.9 Å². The summed E-state index contributed by atoms with van der Waals surface area (Å²) in [4.78, 5) is 19.9. The number of hydrogen-bond acceptors (Lipinski definition) is 5. The van der Waals surface area contributed by atoms with Crippen LogP contribution in [0, 0.1) is 12.8 Å². The molecule has 1 aliphatic rings. The zero-order chi connectivity index (χ0) is 12.3. The molecule has 1 saturated carbocycles. The summed E-state index contributed by atoms with van der Waals surface area (Å²) < 4.78 is 4.78. The van der Waals surface area contributed by atoms with Crippen molar-refractivity contribution in [1.82, 2.24) is 15.3 Å². The molecule has 0 aliphatic heterocycles. The molecular weight excluding hydrogens is 218 g/mol. The van der Waals surface area contributed by atoms with Gasteiger partial charge in [0.25, 0.3) is 0 Å². The highest BCUT2D eigenvalue weighted by Crippen LogP contribution is 2.33. The summed E-state index contributed by atoms with van der Waals surface area (Å²) in [5.74, 6) is 0.230. The van der Waals surface area contributed by atoms with E-state index in [1.165, 1.54) is 7.11 Å². The van der Waals surface area contributed by atoms with Gasteiger partial charge < -0.3 is 4.74 Å². The van der Waals surface area contributed by atoms with Crippen LogP contribution in [0.1, 0.15) is 24.2 Å². The summed E-state index contributed by atoms with van der Waals surface area (Å²) in [7, 11) is 1.42. The Morgan fingerprint density at radius 2 is 2.29 bits per heavy atom. The Morgan fingerprint density at radius 1 is 1.53 bits per heavy atom. The molecule has 92 valence electrons. The van der Waals surface area contributed by atoms with Crippen LogP contribution in [0.5, 0.6) is 0 Å². The van der Waals surface area contributed by atoms with Gasteiger partial charge in [0.05, 0.1) is 18.5 Å². The van der Waals surface area contributed by atoms with Crippen molar-refractivity contribution in [3.8, 4) is 0 Å². The Morgan fingerprint density at radius 3 is 2.82 bits per heavy atom. The Bertz CT molecular complexity index is 387. The first-order chi connectivity index (χ1) is 8.20. The summed E-state index contributed by atoms with van der Waals surface area (Å²) in [6.45, 7) is 2.44. The van der Waals surface area contributed by atoms with Gasteiger partial charge in [-0.2, -0.15) is 0 Å². The maximum atomic E-state index is 11.5. The van der Waals surface area contributed by atoms with Gasteiger partial charge >= 0.3 is 5.97 Å². The zero-order valence-corrected chi connectivity index (χ0v) is 10.1. The number of ether oxygens (including phenoxy) is 1. The van der Waals surface area contributed by atoms with Gasteiger partial charge in [-0.3, -0.25) is 20.1 Å². The maximum absolute atomic E-state index is 11.5. The van der Waals surface area contributed by atoms with Gasteiger partial charge in [-0.05, 0) is 25.7 Å². The molecule has 0 radical (unpaired) electrons. The zero-order valence-electron chi connectivity index (χ0n) is 10.1. The van der Waals surface area contributed by atoms with Crippen molar-refractivity contribution in [2.75, 3.05) is 7.11 Å². The van der Waals surface area contributed by atoms with E-state index >= 15 is 0 Å². The number of nitrogens with zero attached hydrogens (tertiary/aromatic N) is 2. The van der Waals surface area contributed by atoms with E-state index in [2.05, 4.69) is 15.3 Å². The van der Waals surface area contributed by atoms with E-state index in [1.807, 2.05) is 6.92 Å². The third-order valence-corrected chi connectivity index (χ3v) is 2.89. The Balaban J connectivity index is 1.90. The molecule has 1 N–H and O–H groups in total. The predicted molar refractivity (Wildman–Crippen MR) is 62.1 cm³/mol. The number of aromatic nitrogens is 2. The topological polar surface area (TPSA) is 64.1 Å². The normalized spacial score (nSPS) is 16.6. The second-order valence-electron chi connectivity index (χ2n) is 4.37. The van der Waals surface area contributed by atoms with Gasteiger partial charge in [-0.1, -0.05) is 0 Å². The third kappa shape index (κ3) is 3.23. The lowest BCUT2D eigenvalue weighted by Crippen LogP contribution is -2.39. The molecule has 17 heavy (non-hydrogen) atoms. The lowest BCUT2D eigenvalue weighted by molar-refractivity contribution is -0.143. The predicted octanol–water partition coefficient (Wildman–Crippen LogP) is 0.826. The van der Waals surface area contributed by atoms with E-state index in [9.17, 15) is 4.79 Å². The van der Waals surface area contributed by atoms with Crippen LogP contribution in [0.3, 0.4) is 0 Å². The lowest BCUT2D eigenvalue weighted by Gasteiger charge is -2.15. The van der Waals surface area contributed by atoms with Gasteiger partial charge in [0.2, 0.25) is 0 Å². The summed E-state index contributed by atoms with van der Waals surface area (Å²) in [5.41, 5.74) is 1.73. The van der Waals surface area contributed by atoms with E-state index in [0.29, 0.717) is 12.5 Å². The van der Waals surface area contributed by atoms with E-state index in [1.54, 1.807) is 12.4 Å². The number of methoxy groups -OCH3 is 1. The highest BCUT2D eigenvalue weighted by molar-refractivity contribution is 5.76. The average Bonchev–Trinajstić information content (AvgIpc) is 3.16. The van der Waals surface area contributed by atoms with Crippen LogP contribution >= 0.6 is 0 Å². The summed E-state index contributed by atoms with van der Waals surface area (Å²) in [5, 5.41) is 3.19. The molecule has 1 aromatic rings. The summed E-state index contributed by atoms with van der Waals surface area (Å²) in [6.07, 6.45) is 5.63. The van der Waals surface area contributed by atoms with Gasteiger partial charge in [-0.25, -0.2) is 0 Å². The summed E-state index contributed by atoms with van der Waals surface area (Å²) >= 11 is 0. The molecule has 1 aromatic heterocycles. The number of carbonyl (C=O) groups is 1. The largest absolute Gasteiger partial charge is 0.468 e. The van der Waals surface area contributed by atoms with Crippen molar-refractivity contribution in [3.05, 3.63) is 23.8 Å². The van der Waals surface area contributed by atoms with E-state index in [-0.39, 0.29) is 12.0 Å². The van der Waals surface area contributed by atoms with Crippen molar-refractivity contribution in [3.63, 3.8) is 0 Å². The minimum atomic E-state index is -0.205. The molecule has 1 fully saturated rings. The maximum Gasteiger partial charge on any atom is 0.323 e. The molecular formula is C12H17N3O2. The van der Waals surface area contributed by atoms with Crippen molar-refractivity contribution in [1.29, 1.82) is 0 Å². The van der Waals surface area contributed by atoms with Crippen LogP contribution in [0.25, 0.3) is 0 Å². The van der Waals surface area contributed by atoms with E-state index in [0.717, 1.165) is 24.2 Å². The standard InChI is InChI=1S/C12H17N3O2/c1-8-5-14-10(6-13-8)7-15-11(9-3-4-9)12(16)17-2/h5-6,9,11,15H,3-4,7H2,1-2H3. The number of rotatable bonds is 5. The lowest BCUT2D eigenvalue weighted by atomic mass is 10.2. The van der Waals surface area contributed by atoms with Crippen LogP contribution in [-0.4, -0.2) is 29.1 Å². The average molecular weight is 235 g/mol. The smallest absolute Gasteiger partial charge is 0.323 e. The van der Waals surface area contributed by atoms with Crippen LogP contribution in [-0.2, 0) is 16.1 Å². The Hall–Kier alpha value is -1.49. The van der Waals surface area contributed by atoms with Gasteiger partial charge in [0.15, 0.2) is 0 Å². The highest BCUT2D eigenvalue weighted by Gasteiger charge is 2.36. The molecule has 0 aromatic carbocycles. The first kappa shape index (κ1) is 12.0. The van der Waals surface area contributed by atoms with Crippen molar-refractivity contribution < 1.29 is 9.53 Å². The molecule has 0 spiro atoms. The number of hydrogen-bond donors (Lipinski definition) is 1. The van der Waals surface area contributed by atoms with Gasteiger partial charge in [0.1, 0.15) is 6.04 Å².